The van der Waals surface area contributed by atoms with Gasteiger partial charge in [0, 0.05) is 25.3 Å². The lowest BCUT2D eigenvalue weighted by atomic mass is 10.1. The molecule has 1 aliphatic heterocycles. The van der Waals surface area contributed by atoms with Crippen LogP contribution in [0.3, 0.4) is 0 Å². The fourth-order valence-electron chi connectivity index (χ4n) is 2.83. The molecule has 0 bridgehead atoms. The van der Waals surface area contributed by atoms with Crippen molar-refractivity contribution in [3.05, 3.63) is 48.4 Å². The standard InChI is InChI=1S/C18H18F3N3O3/c1-2-15(25)24(11-14-4-3-9-26-14)10-12-5-7-13(8-6-12)16-22-17(27-23-16)18(19,20)21/h2,5-8,14H,1,3-4,9-11H2. The number of halogens is 3. The normalized spacial score (nSPS) is 17.1. The maximum atomic E-state index is 12.5. The molecule has 0 saturated carbocycles. The average Bonchev–Trinajstić information content (AvgIpc) is 3.32. The van der Waals surface area contributed by atoms with Crippen molar-refractivity contribution in [3.63, 3.8) is 0 Å². The summed E-state index contributed by atoms with van der Waals surface area (Å²) < 4.78 is 47.5. The maximum Gasteiger partial charge on any atom is 0.471 e. The van der Waals surface area contributed by atoms with Crippen molar-refractivity contribution in [2.24, 2.45) is 0 Å². The Morgan fingerprint density at radius 1 is 1.33 bits per heavy atom. The van der Waals surface area contributed by atoms with Crippen molar-refractivity contribution < 1.29 is 27.2 Å². The third-order valence-corrected chi connectivity index (χ3v) is 4.19. The average molecular weight is 381 g/mol. The number of hydrogen-bond donors (Lipinski definition) is 0. The van der Waals surface area contributed by atoms with Crippen LogP contribution in [0.5, 0.6) is 0 Å². The molecule has 3 rings (SSSR count). The topological polar surface area (TPSA) is 68.5 Å². The molecule has 1 aliphatic rings. The molecule has 1 fully saturated rings. The predicted octanol–water partition coefficient (Wildman–Crippen LogP) is 3.45. The van der Waals surface area contributed by atoms with E-state index in [1.807, 2.05) is 0 Å². The number of hydrogen-bond acceptors (Lipinski definition) is 5. The van der Waals surface area contributed by atoms with Gasteiger partial charge >= 0.3 is 12.1 Å². The Kier molecular flexibility index (Phi) is 5.59. The molecule has 144 valence electrons. The van der Waals surface area contributed by atoms with E-state index in [0.717, 1.165) is 18.4 Å². The van der Waals surface area contributed by atoms with Gasteiger partial charge in [-0.1, -0.05) is 36.0 Å². The summed E-state index contributed by atoms with van der Waals surface area (Å²) in [6.07, 6.45) is -1.55. The van der Waals surface area contributed by atoms with E-state index in [9.17, 15) is 18.0 Å². The number of aromatic nitrogens is 2. The Balaban J connectivity index is 1.70. The summed E-state index contributed by atoms with van der Waals surface area (Å²) in [4.78, 5) is 17.1. The van der Waals surface area contributed by atoms with E-state index >= 15 is 0 Å². The van der Waals surface area contributed by atoms with E-state index in [1.54, 1.807) is 29.2 Å². The maximum absolute atomic E-state index is 12.5. The van der Waals surface area contributed by atoms with Gasteiger partial charge in [0.1, 0.15) is 0 Å². The number of alkyl halides is 3. The molecule has 1 aromatic heterocycles. The Morgan fingerprint density at radius 3 is 2.63 bits per heavy atom. The zero-order valence-electron chi connectivity index (χ0n) is 14.4. The van der Waals surface area contributed by atoms with Gasteiger partial charge in [-0.15, -0.1) is 0 Å². The smallest absolute Gasteiger partial charge is 0.376 e. The summed E-state index contributed by atoms with van der Waals surface area (Å²) in [7, 11) is 0. The van der Waals surface area contributed by atoms with Crippen LogP contribution in [0.4, 0.5) is 13.2 Å². The molecule has 9 heteroatoms. The van der Waals surface area contributed by atoms with Crippen molar-refractivity contribution in [1.29, 1.82) is 0 Å². The SMILES string of the molecule is C=CC(=O)N(Cc1ccc(-c2noc(C(F)(F)F)n2)cc1)CC1CCCO1. The molecule has 2 aromatic rings. The molecule has 2 heterocycles. The molecular formula is C18H18F3N3O3. The number of carbonyl (C=O) groups is 1. The van der Waals surface area contributed by atoms with Crippen LogP contribution in [-0.4, -0.2) is 40.2 Å². The van der Waals surface area contributed by atoms with Crippen LogP contribution < -0.4 is 0 Å². The van der Waals surface area contributed by atoms with Crippen LogP contribution in [-0.2, 0) is 22.3 Å². The zero-order valence-corrected chi connectivity index (χ0v) is 14.4. The molecule has 27 heavy (non-hydrogen) atoms. The minimum atomic E-state index is -4.68. The van der Waals surface area contributed by atoms with Crippen LogP contribution in [0.1, 0.15) is 24.3 Å². The van der Waals surface area contributed by atoms with E-state index in [-0.39, 0.29) is 17.8 Å². The molecule has 0 radical (unpaired) electrons. The second-order valence-corrected chi connectivity index (χ2v) is 6.18. The Labute approximate surface area is 153 Å². The summed E-state index contributed by atoms with van der Waals surface area (Å²) >= 11 is 0. The Bertz CT molecular complexity index is 796. The first kappa shape index (κ1) is 19.1. The Morgan fingerprint density at radius 2 is 2.07 bits per heavy atom. The fraction of sp³-hybridized carbons (Fsp3) is 0.389. The highest BCUT2D eigenvalue weighted by Crippen LogP contribution is 2.29. The molecule has 1 saturated heterocycles. The molecule has 1 unspecified atom stereocenters. The summed E-state index contributed by atoms with van der Waals surface area (Å²) in [5, 5.41) is 3.35. The van der Waals surface area contributed by atoms with Crippen molar-refractivity contribution in [1.82, 2.24) is 15.0 Å². The lowest BCUT2D eigenvalue weighted by molar-refractivity contribution is -0.159. The van der Waals surface area contributed by atoms with E-state index in [0.29, 0.717) is 25.3 Å². The van der Waals surface area contributed by atoms with Gasteiger partial charge < -0.3 is 14.2 Å². The zero-order chi connectivity index (χ0) is 19.4. The number of ether oxygens (including phenoxy) is 1. The largest absolute Gasteiger partial charge is 0.471 e. The molecule has 0 N–H and O–H groups in total. The minimum Gasteiger partial charge on any atom is -0.376 e. The predicted molar refractivity (Wildman–Crippen MR) is 89.3 cm³/mol. The number of carbonyl (C=O) groups excluding carboxylic acids is 1. The Hall–Kier alpha value is -2.68. The van der Waals surface area contributed by atoms with E-state index in [1.165, 1.54) is 6.08 Å². The molecule has 0 spiro atoms. The number of amides is 1. The van der Waals surface area contributed by atoms with Gasteiger partial charge in [-0.25, -0.2) is 0 Å². The fourth-order valence-corrected chi connectivity index (χ4v) is 2.83. The first-order valence-electron chi connectivity index (χ1n) is 8.40. The highest BCUT2D eigenvalue weighted by Gasteiger charge is 2.38. The van der Waals surface area contributed by atoms with E-state index in [4.69, 9.17) is 4.74 Å². The van der Waals surface area contributed by atoms with Gasteiger partial charge in [0.2, 0.25) is 11.7 Å². The number of rotatable bonds is 6. The second kappa shape index (κ2) is 7.91. The monoisotopic (exact) mass is 381 g/mol. The molecular weight excluding hydrogens is 363 g/mol. The van der Waals surface area contributed by atoms with Gasteiger partial charge in [0.25, 0.3) is 0 Å². The first-order chi connectivity index (χ1) is 12.9. The van der Waals surface area contributed by atoms with Gasteiger partial charge in [-0.3, -0.25) is 4.79 Å². The van der Waals surface area contributed by atoms with Crippen LogP contribution in [0, 0.1) is 0 Å². The van der Waals surface area contributed by atoms with Crippen LogP contribution in [0.15, 0.2) is 41.4 Å². The van der Waals surface area contributed by atoms with Gasteiger partial charge in [-0.05, 0) is 24.5 Å². The minimum absolute atomic E-state index is 0.00768. The van der Waals surface area contributed by atoms with Gasteiger partial charge in [-0.2, -0.15) is 18.2 Å². The highest BCUT2D eigenvalue weighted by molar-refractivity contribution is 5.87. The lowest BCUT2D eigenvalue weighted by Crippen LogP contribution is -2.35. The van der Waals surface area contributed by atoms with Crippen molar-refractivity contribution in [3.8, 4) is 11.4 Å². The van der Waals surface area contributed by atoms with Gasteiger partial charge in [0.05, 0.1) is 6.10 Å². The second-order valence-electron chi connectivity index (χ2n) is 6.18. The third kappa shape index (κ3) is 4.73. The van der Waals surface area contributed by atoms with Crippen molar-refractivity contribution in [2.75, 3.05) is 13.2 Å². The van der Waals surface area contributed by atoms with E-state index < -0.39 is 12.1 Å². The molecule has 1 amide bonds. The van der Waals surface area contributed by atoms with Crippen LogP contribution in [0.25, 0.3) is 11.4 Å². The highest BCUT2D eigenvalue weighted by atomic mass is 19.4. The van der Waals surface area contributed by atoms with Gasteiger partial charge in [0.15, 0.2) is 0 Å². The number of nitrogens with zero attached hydrogens (tertiary/aromatic N) is 3. The molecule has 0 aliphatic carbocycles. The third-order valence-electron chi connectivity index (χ3n) is 4.19. The van der Waals surface area contributed by atoms with E-state index in [2.05, 4.69) is 21.2 Å². The van der Waals surface area contributed by atoms with Crippen LogP contribution >= 0.6 is 0 Å². The lowest BCUT2D eigenvalue weighted by Gasteiger charge is -2.24. The van der Waals surface area contributed by atoms with Crippen molar-refractivity contribution in [2.45, 2.75) is 31.7 Å². The summed E-state index contributed by atoms with van der Waals surface area (Å²) in [6.45, 7) is 5.02. The molecule has 1 aromatic carbocycles. The summed E-state index contributed by atoms with van der Waals surface area (Å²) in [6, 6.07) is 6.58. The number of benzene rings is 1. The van der Waals surface area contributed by atoms with Crippen LogP contribution in [0.2, 0.25) is 0 Å². The van der Waals surface area contributed by atoms with Crippen molar-refractivity contribution >= 4 is 5.91 Å². The first-order valence-corrected chi connectivity index (χ1v) is 8.40. The summed E-state index contributed by atoms with van der Waals surface area (Å²) in [5.74, 6) is -1.74. The molecule has 6 nitrogen and oxygen atoms in total. The molecule has 1 atom stereocenters. The quantitative estimate of drug-likeness (QED) is 0.717. The summed E-state index contributed by atoms with van der Waals surface area (Å²) in [5.41, 5.74) is 1.20.